The van der Waals surface area contributed by atoms with Crippen LogP contribution in [0.25, 0.3) is 5.65 Å². The number of primary amides is 1. The Kier molecular flexibility index (Phi) is 8.81. The Morgan fingerprint density at radius 3 is 2.56 bits per heavy atom. The van der Waals surface area contributed by atoms with Crippen LogP contribution in [0.15, 0.2) is 47.5 Å². The lowest BCUT2D eigenvalue weighted by atomic mass is 10.3. The molecule has 1 aromatic carbocycles. The summed E-state index contributed by atoms with van der Waals surface area (Å²) in [6, 6.07) is 10.1. The molecule has 3 aromatic rings. The van der Waals surface area contributed by atoms with Crippen molar-refractivity contribution in [1.29, 1.82) is 0 Å². The molecule has 0 spiro atoms. The summed E-state index contributed by atoms with van der Waals surface area (Å²) in [7, 11) is 0. The number of alkyl halides is 1. The van der Waals surface area contributed by atoms with Gasteiger partial charge in [-0.15, -0.1) is 16.9 Å². The van der Waals surface area contributed by atoms with E-state index in [0.717, 1.165) is 4.90 Å². The minimum atomic E-state index is -0.819. The summed E-state index contributed by atoms with van der Waals surface area (Å²) in [5.74, 6) is -0.123. The van der Waals surface area contributed by atoms with Gasteiger partial charge >= 0.3 is 0 Å². The van der Waals surface area contributed by atoms with Crippen molar-refractivity contribution in [3.8, 4) is 0 Å². The van der Waals surface area contributed by atoms with Gasteiger partial charge in [-0.05, 0) is 68.9 Å². The Bertz CT molecular complexity index is 1020. The molecule has 0 radical (unpaired) electrons. The Morgan fingerprint density at radius 2 is 2.03 bits per heavy atom. The zero-order chi connectivity index (χ0) is 22.9. The summed E-state index contributed by atoms with van der Waals surface area (Å²) < 4.78 is 26.9. The fraction of sp³-hybridized carbons (Fsp3) is 0.409. The number of anilines is 1. The number of nitrogens with one attached hydrogen (secondary N) is 1. The van der Waals surface area contributed by atoms with Crippen molar-refractivity contribution in [1.82, 2.24) is 19.9 Å². The van der Waals surface area contributed by atoms with Gasteiger partial charge in [0, 0.05) is 11.4 Å². The van der Waals surface area contributed by atoms with E-state index in [1.807, 2.05) is 17.2 Å². The second-order valence-electron chi connectivity index (χ2n) is 7.42. The number of thioether (sulfide) groups is 1. The number of carbonyl (C=O) groups is 1. The topological polar surface area (TPSA) is 88.5 Å². The largest absolute Gasteiger partial charge is 0.364 e. The Hall–Kier alpha value is -2.72. The predicted molar refractivity (Wildman–Crippen MR) is 124 cm³/mol. The number of halogens is 2. The molecule has 3 N–H and O–H groups in total. The van der Waals surface area contributed by atoms with Crippen molar-refractivity contribution in [2.45, 2.75) is 30.3 Å². The normalized spacial score (nSPS) is 17.5. The summed E-state index contributed by atoms with van der Waals surface area (Å²) in [4.78, 5) is 18.0. The number of fused-ring (bicyclic) bond motifs is 1. The number of imidazole rings is 1. The highest BCUT2D eigenvalue weighted by Gasteiger charge is 2.23. The van der Waals surface area contributed by atoms with Crippen LogP contribution in [0, 0.1) is 5.82 Å². The van der Waals surface area contributed by atoms with Crippen molar-refractivity contribution in [3.63, 3.8) is 0 Å². The van der Waals surface area contributed by atoms with E-state index in [9.17, 15) is 13.6 Å². The van der Waals surface area contributed by atoms with Crippen LogP contribution in [-0.4, -0.2) is 59.1 Å². The lowest BCUT2D eigenvalue weighted by molar-refractivity contribution is 0.0993. The first-order chi connectivity index (χ1) is 15.5. The Morgan fingerprint density at radius 1 is 1.25 bits per heavy atom. The molecule has 1 unspecified atom stereocenters. The zero-order valence-corrected chi connectivity index (χ0v) is 18.8. The van der Waals surface area contributed by atoms with Crippen molar-refractivity contribution in [2.24, 2.45) is 5.73 Å². The zero-order valence-electron chi connectivity index (χ0n) is 18.0. The molecule has 4 heterocycles. The average molecular weight is 463 g/mol. The van der Waals surface area contributed by atoms with Gasteiger partial charge in [-0.25, -0.2) is 18.3 Å². The van der Waals surface area contributed by atoms with Crippen LogP contribution in [0.4, 0.5) is 14.6 Å². The standard InChI is InChI=1S/C11H12FN5O.C7H7FS.C4H9N/c12-7-3-4-16(6-7)10-2-1-9-14-5-8(11(13)18)17(9)15-10;1-9-7-4-2-3-6(8)5-7;1-2-4-5-3-1/h1-2,5,7H,3-4,6H2,(H2,13,18);2-5H,1H3;5H,1-4H2. The molecule has 2 aromatic heterocycles. The molecular formula is C22H28F2N6OS. The highest BCUT2D eigenvalue weighted by molar-refractivity contribution is 7.98. The van der Waals surface area contributed by atoms with Crippen LogP contribution in [0.5, 0.6) is 0 Å². The minimum Gasteiger partial charge on any atom is -0.364 e. The van der Waals surface area contributed by atoms with E-state index < -0.39 is 12.1 Å². The highest BCUT2D eigenvalue weighted by Crippen LogP contribution is 2.20. The number of nitrogens with two attached hydrogens (primary N) is 1. The van der Waals surface area contributed by atoms with Crippen LogP contribution >= 0.6 is 11.8 Å². The number of nitrogens with zero attached hydrogens (tertiary/aromatic N) is 4. The average Bonchev–Trinajstić information content (AvgIpc) is 3.56. The van der Waals surface area contributed by atoms with Crippen molar-refractivity contribution in [3.05, 3.63) is 54.1 Å². The fourth-order valence-electron chi connectivity index (χ4n) is 3.34. The summed E-state index contributed by atoms with van der Waals surface area (Å²) in [6.45, 7) is 3.46. The van der Waals surface area contributed by atoms with Gasteiger partial charge in [0.1, 0.15) is 23.5 Å². The quantitative estimate of drug-likeness (QED) is 0.581. The van der Waals surface area contributed by atoms with E-state index >= 15 is 0 Å². The third kappa shape index (κ3) is 6.64. The second kappa shape index (κ2) is 11.8. The van der Waals surface area contributed by atoms with Crippen LogP contribution in [0.2, 0.25) is 0 Å². The van der Waals surface area contributed by atoms with E-state index in [-0.39, 0.29) is 11.5 Å². The molecule has 2 aliphatic heterocycles. The van der Waals surface area contributed by atoms with E-state index in [2.05, 4.69) is 15.4 Å². The third-order valence-corrected chi connectivity index (χ3v) is 5.77. The SMILES string of the molecule is C1CCNC1.CSc1cccc(F)c1.NC(=O)c1cnc2ccc(N3CCC(F)C3)nn12. The lowest BCUT2D eigenvalue weighted by Gasteiger charge is -2.15. The molecule has 0 saturated carbocycles. The monoisotopic (exact) mass is 462 g/mol. The van der Waals surface area contributed by atoms with Crippen molar-refractivity contribution < 1.29 is 13.6 Å². The lowest BCUT2D eigenvalue weighted by Crippen LogP contribution is -2.22. The summed E-state index contributed by atoms with van der Waals surface area (Å²) >= 11 is 1.54. The first kappa shape index (κ1) is 23.9. The van der Waals surface area contributed by atoms with Gasteiger partial charge in [0.25, 0.3) is 5.91 Å². The summed E-state index contributed by atoms with van der Waals surface area (Å²) in [5, 5.41) is 7.51. The number of carbonyl (C=O) groups excluding carboxylic acids is 1. The minimum absolute atomic E-state index is 0.165. The number of hydrogen-bond donors (Lipinski definition) is 2. The first-order valence-corrected chi connectivity index (χ1v) is 11.7. The van der Waals surface area contributed by atoms with E-state index in [4.69, 9.17) is 5.73 Å². The fourth-order valence-corrected chi connectivity index (χ4v) is 3.79. The number of aromatic nitrogens is 3. The molecule has 1 amide bonds. The van der Waals surface area contributed by atoms with Gasteiger partial charge in [0.2, 0.25) is 0 Å². The van der Waals surface area contributed by atoms with Crippen LogP contribution in [0.3, 0.4) is 0 Å². The maximum Gasteiger partial charge on any atom is 0.269 e. The summed E-state index contributed by atoms with van der Waals surface area (Å²) in [5.41, 5.74) is 6.01. The summed E-state index contributed by atoms with van der Waals surface area (Å²) in [6.07, 6.45) is 5.78. The van der Waals surface area contributed by atoms with Gasteiger partial charge in [-0.1, -0.05) is 6.07 Å². The number of rotatable bonds is 3. The number of amides is 1. The van der Waals surface area contributed by atoms with E-state index in [0.29, 0.717) is 31.0 Å². The molecule has 0 bridgehead atoms. The van der Waals surface area contributed by atoms with Gasteiger partial charge in [0.15, 0.2) is 5.65 Å². The maximum atomic E-state index is 13.2. The van der Waals surface area contributed by atoms with Gasteiger partial charge < -0.3 is 16.0 Å². The van der Waals surface area contributed by atoms with Gasteiger partial charge in [0.05, 0.1) is 12.7 Å². The third-order valence-electron chi connectivity index (χ3n) is 5.04. The second-order valence-corrected chi connectivity index (χ2v) is 8.30. The maximum absolute atomic E-state index is 13.2. The Labute approximate surface area is 190 Å². The van der Waals surface area contributed by atoms with Gasteiger partial charge in [-0.3, -0.25) is 4.79 Å². The number of hydrogen-bond acceptors (Lipinski definition) is 6. The van der Waals surface area contributed by atoms with Crippen LogP contribution in [-0.2, 0) is 0 Å². The molecule has 2 saturated heterocycles. The molecule has 2 aliphatic rings. The molecule has 10 heteroatoms. The molecule has 32 heavy (non-hydrogen) atoms. The molecule has 0 aliphatic carbocycles. The first-order valence-electron chi connectivity index (χ1n) is 10.5. The Balaban J connectivity index is 0.000000170. The van der Waals surface area contributed by atoms with Gasteiger partial charge in [-0.2, -0.15) is 0 Å². The molecule has 2 fully saturated rings. The van der Waals surface area contributed by atoms with Crippen LogP contribution in [0.1, 0.15) is 29.8 Å². The molecule has 172 valence electrons. The van der Waals surface area contributed by atoms with E-state index in [1.54, 1.807) is 30.0 Å². The smallest absolute Gasteiger partial charge is 0.269 e. The molecular weight excluding hydrogens is 434 g/mol. The molecule has 7 nitrogen and oxygen atoms in total. The number of benzene rings is 1. The molecule has 1 atom stereocenters. The predicted octanol–water partition coefficient (Wildman–Crippen LogP) is 3.29. The highest BCUT2D eigenvalue weighted by atomic mass is 32.2. The van der Waals surface area contributed by atoms with Crippen LogP contribution < -0.4 is 16.0 Å². The van der Waals surface area contributed by atoms with E-state index in [1.165, 1.54) is 48.8 Å². The molecule has 5 rings (SSSR count). The van der Waals surface area contributed by atoms with Crippen molar-refractivity contribution >= 4 is 29.1 Å². The van der Waals surface area contributed by atoms with Crippen molar-refractivity contribution in [2.75, 3.05) is 37.3 Å².